The lowest BCUT2D eigenvalue weighted by Crippen LogP contribution is -2.21. The van der Waals surface area contributed by atoms with Crippen LogP contribution in [0, 0.1) is 10.1 Å². The quantitative estimate of drug-likeness (QED) is 0.309. The van der Waals surface area contributed by atoms with Crippen molar-refractivity contribution >= 4 is 39.8 Å². The predicted octanol–water partition coefficient (Wildman–Crippen LogP) is 5.34. The summed E-state index contributed by atoms with van der Waals surface area (Å²) in [4.78, 5) is 23.9. The standard InChI is InChI=1S/C24H21N3O4/c1-3-12-31-23-11-10-21(27(29)30)14-19(23)15-22-16(2)25-26(24(22)28)20-9-8-17-6-4-5-7-18(17)13-20/h4-11,13-15H,3,12H2,1-2H3/b22-15-. The second-order valence-corrected chi connectivity index (χ2v) is 7.22. The SMILES string of the molecule is CCCOc1ccc([N+](=O)[O-])cc1/C=C1\C(=O)N(c2ccc3ccccc3c2)N=C1C. The molecule has 0 spiro atoms. The Labute approximate surface area is 179 Å². The highest BCUT2D eigenvalue weighted by atomic mass is 16.6. The van der Waals surface area contributed by atoms with Crippen LogP contribution in [-0.2, 0) is 4.79 Å². The normalized spacial score (nSPS) is 14.9. The summed E-state index contributed by atoms with van der Waals surface area (Å²) in [6.07, 6.45) is 2.41. The number of benzene rings is 3. The third-order valence-electron chi connectivity index (χ3n) is 5.01. The first-order valence-corrected chi connectivity index (χ1v) is 9.99. The molecule has 1 amide bonds. The van der Waals surface area contributed by atoms with Crippen LogP contribution in [0.3, 0.4) is 0 Å². The van der Waals surface area contributed by atoms with E-state index < -0.39 is 4.92 Å². The minimum Gasteiger partial charge on any atom is -0.493 e. The molecule has 0 atom stereocenters. The Kier molecular flexibility index (Phi) is 5.49. The molecule has 0 fully saturated rings. The van der Waals surface area contributed by atoms with E-state index in [0.29, 0.717) is 34.9 Å². The average molecular weight is 415 g/mol. The highest BCUT2D eigenvalue weighted by Crippen LogP contribution is 2.31. The van der Waals surface area contributed by atoms with E-state index in [4.69, 9.17) is 4.74 Å². The summed E-state index contributed by atoms with van der Waals surface area (Å²) in [5.74, 6) is 0.199. The fraction of sp³-hybridized carbons (Fsp3) is 0.167. The zero-order chi connectivity index (χ0) is 22.0. The van der Waals surface area contributed by atoms with Crippen LogP contribution in [0.15, 0.2) is 71.3 Å². The first-order valence-electron chi connectivity index (χ1n) is 9.99. The van der Waals surface area contributed by atoms with Gasteiger partial charge in [-0.25, -0.2) is 0 Å². The van der Waals surface area contributed by atoms with Crippen molar-refractivity contribution in [3.63, 3.8) is 0 Å². The van der Waals surface area contributed by atoms with Gasteiger partial charge in [-0.2, -0.15) is 10.1 Å². The number of fused-ring (bicyclic) bond motifs is 1. The van der Waals surface area contributed by atoms with E-state index >= 15 is 0 Å². The van der Waals surface area contributed by atoms with Crippen molar-refractivity contribution in [2.75, 3.05) is 11.6 Å². The Balaban J connectivity index is 1.72. The molecule has 0 aliphatic carbocycles. The molecule has 4 rings (SSSR count). The number of hydrazone groups is 1. The molecule has 7 heteroatoms. The molecule has 0 unspecified atom stereocenters. The first kappa shape index (κ1) is 20.3. The van der Waals surface area contributed by atoms with E-state index in [0.717, 1.165) is 17.2 Å². The molecule has 7 nitrogen and oxygen atoms in total. The Bertz CT molecular complexity index is 1250. The Morgan fingerprint density at radius 3 is 2.61 bits per heavy atom. The maximum Gasteiger partial charge on any atom is 0.280 e. The average Bonchev–Trinajstić information content (AvgIpc) is 3.06. The van der Waals surface area contributed by atoms with Gasteiger partial charge in [0.2, 0.25) is 0 Å². The molecule has 0 saturated carbocycles. The van der Waals surface area contributed by atoms with Crippen LogP contribution < -0.4 is 9.75 Å². The van der Waals surface area contributed by atoms with E-state index in [2.05, 4.69) is 5.10 Å². The number of carbonyl (C=O) groups excluding carboxylic acids is 1. The largest absolute Gasteiger partial charge is 0.493 e. The molecule has 1 aliphatic rings. The summed E-state index contributed by atoms with van der Waals surface area (Å²) in [5.41, 5.74) is 1.97. The van der Waals surface area contributed by atoms with Crippen molar-refractivity contribution in [2.45, 2.75) is 20.3 Å². The Morgan fingerprint density at radius 2 is 1.87 bits per heavy atom. The number of nitrogens with zero attached hydrogens (tertiary/aromatic N) is 3. The molecule has 1 heterocycles. The van der Waals surface area contributed by atoms with Gasteiger partial charge in [-0.15, -0.1) is 0 Å². The lowest BCUT2D eigenvalue weighted by Gasteiger charge is -2.13. The molecule has 3 aromatic carbocycles. The lowest BCUT2D eigenvalue weighted by atomic mass is 10.1. The molecule has 31 heavy (non-hydrogen) atoms. The van der Waals surface area contributed by atoms with Crippen LogP contribution in [0.4, 0.5) is 11.4 Å². The summed E-state index contributed by atoms with van der Waals surface area (Å²) >= 11 is 0. The van der Waals surface area contributed by atoms with Crippen molar-refractivity contribution in [2.24, 2.45) is 5.10 Å². The second kappa shape index (κ2) is 8.39. The summed E-state index contributed by atoms with van der Waals surface area (Å²) in [5, 5.41) is 19.1. The minimum atomic E-state index is -0.468. The third-order valence-corrected chi connectivity index (χ3v) is 5.01. The van der Waals surface area contributed by atoms with Gasteiger partial charge in [-0.05, 0) is 48.4 Å². The molecule has 0 radical (unpaired) electrons. The summed E-state index contributed by atoms with van der Waals surface area (Å²) in [7, 11) is 0. The van der Waals surface area contributed by atoms with Gasteiger partial charge in [-0.3, -0.25) is 14.9 Å². The van der Waals surface area contributed by atoms with E-state index in [1.807, 2.05) is 49.4 Å². The highest BCUT2D eigenvalue weighted by molar-refractivity contribution is 6.32. The molecule has 0 N–H and O–H groups in total. The van der Waals surface area contributed by atoms with Gasteiger partial charge in [0.15, 0.2) is 0 Å². The molecule has 0 bridgehead atoms. The number of non-ortho nitro benzene ring substituents is 1. The monoisotopic (exact) mass is 415 g/mol. The van der Waals surface area contributed by atoms with Gasteiger partial charge in [-0.1, -0.05) is 37.3 Å². The molecular formula is C24H21N3O4. The zero-order valence-electron chi connectivity index (χ0n) is 17.2. The predicted molar refractivity (Wildman–Crippen MR) is 121 cm³/mol. The minimum absolute atomic E-state index is 0.0675. The Morgan fingerprint density at radius 1 is 1.10 bits per heavy atom. The van der Waals surface area contributed by atoms with Gasteiger partial charge in [0.05, 0.1) is 28.5 Å². The van der Waals surface area contributed by atoms with E-state index in [-0.39, 0.29) is 11.6 Å². The molecule has 0 saturated heterocycles. The third kappa shape index (κ3) is 4.02. The van der Waals surface area contributed by atoms with Gasteiger partial charge in [0, 0.05) is 17.7 Å². The van der Waals surface area contributed by atoms with Crippen LogP contribution >= 0.6 is 0 Å². The van der Waals surface area contributed by atoms with E-state index in [1.54, 1.807) is 19.1 Å². The number of hydrogen-bond acceptors (Lipinski definition) is 5. The number of nitro groups is 1. The maximum atomic E-state index is 13.2. The zero-order valence-corrected chi connectivity index (χ0v) is 17.2. The van der Waals surface area contributed by atoms with Crippen molar-refractivity contribution in [1.82, 2.24) is 0 Å². The fourth-order valence-corrected chi connectivity index (χ4v) is 3.43. The number of hydrogen-bond donors (Lipinski definition) is 0. The Hall–Kier alpha value is -4.00. The number of anilines is 1. The highest BCUT2D eigenvalue weighted by Gasteiger charge is 2.29. The number of ether oxygens (including phenoxy) is 1. The smallest absolute Gasteiger partial charge is 0.280 e. The molecule has 1 aliphatic heterocycles. The molecular weight excluding hydrogens is 394 g/mol. The first-order chi connectivity index (χ1) is 15.0. The molecule has 156 valence electrons. The van der Waals surface area contributed by atoms with Crippen molar-refractivity contribution < 1.29 is 14.5 Å². The van der Waals surface area contributed by atoms with Gasteiger partial charge < -0.3 is 4.74 Å². The van der Waals surface area contributed by atoms with Crippen LogP contribution in [0.1, 0.15) is 25.8 Å². The number of nitro benzene ring substituents is 1. The van der Waals surface area contributed by atoms with Crippen LogP contribution in [-0.4, -0.2) is 23.1 Å². The summed E-state index contributed by atoms with van der Waals surface area (Å²) < 4.78 is 5.73. The summed E-state index contributed by atoms with van der Waals surface area (Å²) in [6.45, 7) is 4.19. The number of carbonyl (C=O) groups is 1. The van der Waals surface area contributed by atoms with E-state index in [1.165, 1.54) is 17.1 Å². The van der Waals surface area contributed by atoms with Gasteiger partial charge in [0.1, 0.15) is 5.75 Å². The van der Waals surface area contributed by atoms with Crippen molar-refractivity contribution in [3.05, 3.63) is 81.9 Å². The molecule has 0 aromatic heterocycles. The van der Waals surface area contributed by atoms with Crippen LogP contribution in [0.2, 0.25) is 0 Å². The van der Waals surface area contributed by atoms with E-state index in [9.17, 15) is 14.9 Å². The lowest BCUT2D eigenvalue weighted by molar-refractivity contribution is -0.384. The number of amides is 1. The van der Waals surface area contributed by atoms with Crippen molar-refractivity contribution in [1.29, 1.82) is 0 Å². The summed E-state index contributed by atoms with van der Waals surface area (Å²) in [6, 6.07) is 18.0. The van der Waals surface area contributed by atoms with Crippen LogP contribution in [0.5, 0.6) is 5.75 Å². The van der Waals surface area contributed by atoms with Crippen molar-refractivity contribution in [3.8, 4) is 5.75 Å². The van der Waals surface area contributed by atoms with Crippen LogP contribution in [0.25, 0.3) is 16.8 Å². The fourth-order valence-electron chi connectivity index (χ4n) is 3.43. The maximum absolute atomic E-state index is 13.2. The van der Waals surface area contributed by atoms with Gasteiger partial charge in [0.25, 0.3) is 11.6 Å². The topological polar surface area (TPSA) is 85.0 Å². The molecule has 3 aromatic rings. The second-order valence-electron chi connectivity index (χ2n) is 7.22. The van der Waals surface area contributed by atoms with Gasteiger partial charge >= 0.3 is 0 Å². The number of rotatable bonds is 6.